The molecular weight excluding hydrogens is 1880 g/mol. The molecule has 0 saturated heterocycles. The van der Waals surface area contributed by atoms with E-state index in [1.54, 1.807) is 0 Å². The quantitative estimate of drug-likeness (QED) is 0.0389. The van der Waals surface area contributed by atoms with E-state index < -0.39 is 0 Å². The van der Waals surface area contributed by atoms with Gasteiger partial charge in [0.15, 0.2) is 0 Å². The van der Waals surface area contributed by atoms with E-state index in [0.717, 1.165) is 0 Å². The summed E-state index contributed by atoms with van der Waals surface area (Å²) in [6.07, 6.45) is 0. The van der Waals surface area contributed by atoms with Crippen molar-refractivity contribution in [3.05, 3.63) is 10.4 Å². The van der Waals surface area contributed by atoms with Crippen molar-refractivity contribution in [2.24, 2.45) is 10.8 Å². The third kappa shape index (κ3) is 138. The predicted octanol–water partition coefficient (Wildman–Crippen LogP) is 1.41. The second-order valence-electron chi connectivity index (χ2n) is 27.7. The van der Waals surface area contributed by atoms with Crippen LogP contribution in [0.4, 0.5) is 0 Å². The van der Waals surface area contributed by atoms with Crippen LogP contribution in [0.3, 0.4) is 0 Å². The minimum atomic E-state index is 0. The first-order valence-electron chi connectivity index (χ1n) is 49.0. The second-order valence-corrected chi connectivity index (χ2v) is 27.7. The van der Waals surface area contributed by atoms with Gasteiger partial charge in [-0.1, -0.05) is 5.11 Å². The third-order valence-corrected chi connectivity index (χ3v) is 16.7. The zero-order valence-corrected chi connectivity index (χ0v) is 84.7. The maximum absolute atomic E-state index is 8.19. The van der Waals surface area contributed by atoms with E-state index in [2.05, 4.69) is 10.0 Å². The number of hydrogen-bond acceptors (Lipinski definition) is 46. The molecule has 0 saturated carbocycles. The lowest BCUT2D eigenvalue weighted by atomic mass is 10.6. The number of nitrogens with two attached hydrogens (primary N) is 1. The molecule has 834 valence electrons. The van der Waals surface area contributed by atoms with Crippen LogP contribution in [0.5, 0.6) is 0 Å². The van der Waals surface area contributed by atoms with Crippen LogP contribution in [0.25, 0.3) is 10.4 Å². The zero-order valence-electron chi connectivity index (χ0n) is 83.9. The molecule has 0 aromatic carbocycles. The number of halogens is 1. The molecule has 0 aromatic heterocycles. The molecule has 139 heavy (non-hydrogen) atoms. The first-order valence-corrected chi connectivity index (χ1v) is 49.0. The summed E-state index contributed by atoms with van der Waals surface area (Å²) in [5.41, 5.74) is 13.5. The minimum Gasteiger partial charge on any atom is -0.379 e. The standard InChI is InChI=1S/C90H182N4O44.ClH/c91-1-3-95-5-7-97-9-11-99-13-15-101-17-19-103-21-23-105-25-27-107-29-31-109-33-35-111-37-39-113-41-43-115-45-47-117-49-51-119-53-55-121-57-59-123-61-63-125-65-67-127-69-71-129-73-75-131-77-79-133-81-83-135-85-87-137-89-90-138-88-86-136-84-82-134-80-78-132-76-74-130-72-70-128-68-66-126-64-62-124-60-58-122-56-54-120-52-50-118-48-46-116-44-42-114-40-38-112-36-34-110-32-30-108-28-26-106-24-22-104-20-18-102-16-14-100-12-10-98-8-6-96-4-2-93-94-92;/h1-91H2;1H. The van der Waals surface area contributed by atoms with Crippen molar-refractivity contribution in [3.8, 4) is 0 Å². The largest absolute Gasteiger partial charge is 0.379 e. The topological polar surface area (TPSA) is 481 Å². The number of hydrogen-bond donors (Lipinski definition) is 1. The van der Waals surface area contributed by atoms with E-state index >= 15 is 0 Å². The van der Waals surface area contributed by atoms with Gasteiger partial charge in [0.1, 0.15) is 0 Å². The molecule has 0 amide bonds. The van der Waals surface area contributed by atoms with Gasteiger partial charge in [0.05, 0.1) is 581 Å². The van der Waals surface area contributed by atoms with Crippen LogP contribution in [0.2, 0.25) is 0 Å². The van der Waals surface area contributed by atoms with Gasteiger partial charge in [-0.05, 0) is 5.53 Å². The van der Waals surface area contributed by atoms with Crippen LogP contribution < -0.4 is 5.73 Å². The molecule has 0 unspecified atom stereocenters. The van der Waals surface area contributed by atoms with Crippen molar-refractivity contribution >= 4 is 12.4 Å². The average molecular weight is 2060 g/mol. The van der Waals surface area contributed by atoms with E-state index in [0.29, 0.717) is 594 Å². The molecule has 0 atom stereocenters. The van der Waals surface area contributed by atoms with Gasteiger partial charge in [-0.3, -0.25) is 0 Å². The fourth-order valence-corrected chi connectivity index (χ4v) is 9.79. The van der Waals surface area contributed by atoms with Crippen LogP contribution >= 0.6 is 12.4 Å². The zero-order chi connectivity index (χ0) is 98.2. The molecule has 48 nitrogen and oxygen atoms in total. The molecule has 0 aliphatic carbocycles. The first-order chi connectivity index (χ1) is 68.9. The Hall–Kier alpha value is -2.20. The molecule has 49 heteroatoms. The molecule has 0 aliphatic rings. The summed E-state index contributed by atoms with van der Waals surface area (Å²) in [5, 5.41) is 3.38. The average Bonchev–Trinajstić information content (AvgIpc) is 1.12. The highest BCUT2D eigenvalue weighted by atomic mass is 35.5. The number of nitrogens with zero attached hydrogens (tertiary/aromatic N) is 3. The summed E-state index contributed by atoms with van der Waals surface area (Å²) in [5.74, 6) is 0. The Kier molecular flexibility index (Phi) is 138. The summed E-state index contributed by atoms with van der Waals surface area (Å²) in [6.45, 7) is 42.9. The molecule has 0 spiro atoms. The summed E-state index contributed by atoms with van der Waals surface area (Å²) in [7, 11) is 0. The van der Waals surface area contributed by atoms with E-state index in [1.165, 1.54) is 0 Å². The van der Waals surface area contributed by atoms with Crippen molar-refractivity contribution < 1.29 is 208 Å². The molecule has 0 radical (unpaired) electrons. The Morgan fingerprint density at radius 2 is 0.165 bits per heavy atom. The maximum atomic E-state index is 8.19. The van der Waals surface area contributed by atoms with Gasteiger partial charge in [-0.25, -0.2) is 0 Å². The van der Waals surface area contributed by atoms with Gasteiger partial charge in [0.25, 0.3) is 0 Å². The van der Waals surface area contributed by atoms with Crippen molar-refractivity contribution in [2.75, 3.05) is 594 Å². The highest BCUT2D eigenvalue weighted by Gasteiger charge is 2.06. The van der Waals surface area contributed by atoms with Crippen LogP contribution in [-0.4, -0.2) is 594 Å². The second kappa shape index (κ2) is 138. The smallest absolute Gasteiger partial charge is 0.0701 e. The molecule has 0 aromatic rings. The van der Waals surface area contributed by atoms with E-state index in [-0.39, 0.29) is 12.4 Å². The highest BCUT2D eigenvalue weighted by Crippen LogP contribution is 1.97. The van der Waals surface area contributed by atoms with E-state index in [4.69, 9.17) is 220 Å². The lowest BCUT2D eigenvalue weighted by Crippen LogP contribution is -2.16. The van der Waals surface area contributed by atoms with Crippen molar-refractivity contribution in [3.63, 3.8) is 0 Å². The minimum absolute atomic E-state index is 0. The Bertz CT molecular complexity index is 2000. The summed E-state index contributed by atoms with van der Waals surface area (Å²) < 4.78 is 242. The summed E-state index contributed by atoms with van der Waals surface area (Å²) in [4.78, 5) is 2.66. The Morgan fingerprint density at radius 1 is 0.108 bits per heavy atom. The van der Waals surface area contributed by atoms with Crippen LogP contribution in [0.15, 0.2) is 5.11 Å². The Morgan fingerprint density at radius 3 is 0.223 bits per heavy atom. The number of rotatable bonds is 134. The molecule has 0 fully saturated rings. The fraction of sp³-hybridized carbons (Fsp3) is 1.00. The lowest BCUT2D eigenvalue weighted by Gasteiger charge is -2.09. The Labute approximate surface area is 833 Å². The highest BCUT2D eigenvalue weighted by molar-refractivity contribution is 5.85. The fourth-order valence-electron chi connectivity index (χ4n) is 9.79. The summed E-state index contributed by atoms with van der Waals surface area (Å²) >= 11 is 0. The molecule has 0 heterocycles. The predicted molar refractivity (Wildman–Crippen MR) is 506 cm³/mol. The number of ether oxygens (including phenoxy) is 44. The van der Waals surface area contributed by atoms with Crippen molar-refractivity contribution in [2.45, 2.75) is 0 Å². The van der Waals surface area contributed by atoms with Crippen LogP contribution in [-0.2, 0) is 208 Å². The van der Waals surface area contributed by atoms with Gasteiger partial charge in [-0.15, -0.1) is 12.4 Å². The SMILES string of the molecule is Cl.[N-]=[N+]=NCCOCCOCCOCCOCCOCCOCCOCCOCCOCCOCCOCCOCCOCCOCCOCCOCCOCCOCCOCCOCCOCCOCCOCCOCCOCCOCCOCCOCCOCCOCCOCCOCCOCCOCCOCCOCCOCCOCCOCCOCCOCCOCCOCCOCCN. The van der Waals surface area contributed by atoms with Crippen molar-refractivity contribution in [1.29, 1.82) is 0 Å². The molecule has 0 aliphatic heterocycles. The van der Waals surface area contributed by atoms with Gasteiger partial charge >= 0.3 is 0 Å². The van der Waals surface area contributed by atoms with E-state index in [1.807, 2.05) is 0 Å². The van der Waals surface area contributed by atoms with Crippen LogP contribution in [0.1, 0.15) is 0 Å². The van der Waals surface area contributed by atoms with Crippen molar-refractivity contribution in [1.82, 2.24) is 0 Å². The van der Waals surface area contributed by atoms with Gasteiger partial charge < -0.3 is 214 Å². The normalized spacial score (nSPS) is 11.7. The van der Waals surface area contributed by atoms with Gasteiger partial charge in [0.2, 0.25) is 0 Å². The summed E-state index contributed by atoms with van der Waals surface area (Å²) in [6, 6.07) is 0. The van der Waals surface area contributed by atoms with E-state index in [9.17, 15) is 0 Å². The Balaban J connectivity index is 0. The molecular formula is C90H183ClN4O44. The maximum Gasteiger partial charge on any atom is 0.0701 e. The van der Waals surface area contributed by atoms with Gasteiger partial charge in [-0.2, -0.15) is 0 Å². The monoisotopic (exact) mass is 2060 g/mol. The number of azide groups is 1. The van der Waals surface area contributed by atoms with Gasteiger partial charge in [0, 0.05) is 18.0 Å². The lowest BCUT2D eigenvalue weighted by molar-refractivity contribution is -0.0329. The molecule has 0 rings (SSSR count). The molecule has 2 N–H and O–H groups in total. The van der Waals surface area contributed by atoms with Crippen LogP contribution in [0, 0.1) is 0 Å². The molecule has 0 bridgehead atoms. The first kappa shape index (κ1) is 139. The third-order valence-electron chi connectivity index (χ3n) is 16.7.